The minimum absolute atomic E-state index is 0.00603. The second-order valence-electron chi connectivity index (χ2n) is 6.74. The predicted octanol–water partition coefficient (Wildman–Crippen LogP) is 4.25. The van der Waals surface area contributed by atoms with E-state index in [4.69, 9.17) is 4.74 Å². The van der Waals surface area contributed by atoms with Crippen LogP contribution in [-0.2, 0) is 11.3 Å². The first kappa shape index (κ1) is 19.7. The van der Waals surface area contributed by atoms with E-state index in [-0.39, 0.29) is 5.91 Å². The summed E-state index contributed by atoms with van der Waals surface area (Å²) in [6, 6.07) is 12.1. The number of nitrogens with zero attached hydrogens (tertiary/aromatic N) is 1. The highest BCUT2D eigenvalue weighted by molar-refractivity contribution is 5.93. The highest BCUT2D eigenvalue weighted by atomic mass is 16.5. The number of benzene rings is 2. The van der Waals surface area contributed by atoms with Crippen molar-refractivity contribution in [3.63, 3.8) is 0 Å². The summed E-state index contributed by atoms with van der Waals surface area (Å²) in [7, 11) is 1.94. The van der Waals surface area contributed by atoms with Crippen molar-refractivity contribution in [1.29, 1.82) is 0 Å². The van der Waals surface area contributed by atoms with E-state index in [1.807, 2.05) is 50.1 Å². The number of nitrogens with one attached hydrogen (secondary N) is 1. The van der Waals surface area contributed by atoms with Gasteiger partial charge >= 0.3 is 0 Å². The fraction of sp³-hybridized carbons (Fsp3) is 0.318. The van der Waals surface area contributed by atoms with Gasteiger partial charge in [-0.25, -0.2) is 0 Å². The monoisotopic (exact) mass is 352 g/mol. The number of anilines is 1. The van der Waals surface area contributed by atoms with Crippen LogP contribution < -0.4 is 10.1 Å². The Bertz CT molecular complexity index is 743. The van der Waals surface area contributed by atoms with Crippen LogP contribution in [0.25, 0.3) is 0 Å². The number of likely N-dealkylation sites (N-methyl/N-ethyl adjacent to an activating group) is 1. The lowest BCUT2D eigenvalue weighted by Gasteiger charge is -2.18. The summed E-state index contributed by atoms with van der Waals surface area (Å²) in [5.74, 6) is 0.813. The van der Waals surface area contributed by atoms with E-state index in [1.165, 1.54) is 5.56 Å². The Kier molecular flexibility index (Phi) is 6.98. The van der Waals surface area contributed by atoms with Crippen molar-refractivity contribution in [2.75, 3.05) is 25.5 Å². The summed E-state index contributed by atoms with van der Waals surface area (Å²) in [6.45, 7) is 11.3. The topological polar surface area (TPSA) is 41.6 Å². The predicted molar refractivity (Wildman–Crippen MR) is 108 cm³/mol. The third-order valence-electron chi connectivity index (χ3n) is 4.10. The van der Waals surface area contributed by atoms with Gasteiger partial charge in [0.25, 0.3) is 0 Å². The van der Waals surface area contributed by atoms with Gasteiger partial charge in [0.1, 0.15) is 12.4 Å². The van der Waals surface area contributed by atoms with Gasteiger partial charge in [0.05, 0.1) is 6.54 Å². The molecule has 2 aromatic rings. The van der Waals surface area contributed by atoms with E-state index in [9.17, 15) is 4.79 Å². The summed E-state index contributed by atoms with van der Waals surface area (Å²) >= 11 is 0. The SMILES string of the molecule is C=CCOc1ccc(CN(C)CC(=O)Nc2c(C)cc(C)cc2C)cc1. The van der Waals surface area contributed by atoms with Crippen molar-refractivity contribution >= 4 is 11.6 Å². The first-order chi connectivity index (χ1) is 12.4. The van der Waals surface area contributed by atoms with Crippen LogP contribution >= 0.6 is 0 Å². The fourth-order valence-electron chi connectivity index (χ4n) is 3.02. The van der Waals surface area contributed by atoms with Gasteiger partial charge in [-0.2, -0.15) is 0 Å². The molecule has 0 saturated heterocycles. The number of hydrogen-bond donors (Lipinski definition) is 1. The quantitative estimate of drug-likeness (QED) is 0.722. The first-order valence-electron chi connectivity index (χ1n) is 8.78. The number of aryl methyl sites for hydroxylation is 3. The molecular formula is C22H28N2O2. The van der Waals surface area contributed by atoms with Gasteiger partial charge in [0.2, 0.25) is 5.91 Å². The van der Waals surface area contributed by atoms with Gasteiger partial charge in [-0.15, -0.1) is 0 Å². The Morgan fingerprint density at radius 2 is 1.77 bits per heavy atom. The van der Waals surface area contributed by atoms with Crippen molar-refractivity contribution < 1.29 is 9.53 Å². The molecule has 138 valence electrons. The maximum atomic E-state index is 12.4. The lowest BCUT2D eigenvalue weighted by Crippen LogP contribution is -2.30. The molecule has 0 spiro atoms. The Labute approximate surface area is 156 Å². The smallest absolute Gasteiger partial charge is 0.238 e. The van der Waals surface area contributed by atoms with Crippen LogP contribution in [0.15, 0.2) is 49.1 Å². The van der Waals surface area contributed by atoms with Crippen LogP contribution in [-0.4, -0.2) is 31.0 Å². The number of hydrogen-bond acceptors (Lipinski definition) is 3. The molecule has 26 heavy (non-hydrogen) atoms. The van der Waals surface area contributed by atoms with Gasteiger partial charge in [-0.1, -0.05) is 42.5 Å². The standard InChI is InChI=1S/C22H28N2O2/c1-6-11-26-20-9-7-19(8-10-20)14-24(5)15-21(25)23-22-17(3)12-16(2)13-18(22)4/h6-10,12-13H,1,11,14-15H2,2-5H3,(H,23,25). The van der Waals surface area contributed by atoms with E-state index in [2.05, 4.69) is 31.0 Å². The van der Waals surface area contributed by atoms with Crippen LogP contribution in [0.4, 0.5) is 5.69 Å². The minimum Gasteiger partial charge on any atom is -0.490 e. The first-order valence-corrected chi connectivity index (χ1v) is 8.78. The van der Waals surface area contributed by atoms with Gasteiger partial charge in [-0.05, 0) is 56.6 Å². The average Bonchev–Trinajstić information content (AvgIpc) is 2.57. The molecule has 0 fully saturated rings. The van der Waals surface area contributed by atoms with E-state index in [0.717, 1.165) is 28.1 Å². The molecule has 1 N–H and O–H groups in total. The van der Waals surface area contributed by atoms with Gasteiger partial charge in [0.15, 0.2) is 0 Å². The maximum absolute atomic E-state index is 12.4. The molecule has 2 rings (SSSR count). The molecule has 2 aromatic carbocycles. The second-order valence-corrected chi connectivity index (χ2v) is 6.74. The van der Waals surface area contributed by atoms with Crippen molar-refractivity contribution in [3.05, 3.63) is 71.3 Å². The van der Waals surface area contributed by atoms with Crippen molar-refractivity contribution in [3.8, 4) is 5.75 Å². The van der Waals surface area contributed by atoms with Crippen LogP contribution in [0.5, 0.6) is 5.75 Å². The second kappa shape index (κ2) is 9.20. The van der Waals surface area contributed by atoms with Crippen molar-refractivity contribution in [2.24, 2.45) is 0 Å². The highest BCUT2D eigenvalue weighted by Gasteiger charge is 2.11. The summed E-state index contributed by atoms with van der Waals surface area (Å²) in [5, 5.41) is 3.04. The molecule has 0 heterocycles. The molecule has 4 nitrogen and oxygen atoms in total. The van der Waals surface area contributed by atoms with Crippen molar-refractivity contribution in [2.45, 2.75) is 27.3 Å². The van der Waals surface area contributed by atoms with E-state index < -0.39 is 0 Å². The normalized spacial score (nSPS) is 10.7. The zero-order valence-corrected chi connectivity index (χ0v) is 16.1. The van der Waals surface area contributed by atoms with Crippen LogP contribution in [0.3, 0.4) is 0 Å². The molecule has 0 saturated carbocycles. The average molecular weight is 352 g/mol. The van der Waals surface area contributed by atoms with Gasteiger partial charge in [0, 0.05) is 12.2 Å². The molecule has 4 heteroatoms. The lowest BCUT2D eigenvalue weighted by atomic mass is 10.1. The van der Waals surface area contributed by atoms with Crippen LogP contribution in [0.1, 0.15) is 22.3 Å². The number of amides is 1. The lowest BCUT2D eigenvalue weighted by molar-refractivity contribution is -0.117. The number of carbonyl (C=O) groups is 1. The molecule has 0 unspecified atom stereocenters. The number of ether oxygens (including phenoxy) is 1. The summed E-state index contributed by atoms with van der Waals surface area (Å²) in [5.41, 5.74) is 5.43. The Hall–Kier alpha value is -2.59. The summed E-state index contributed by atoms with van der Waals surface area (Å²) in [6.07, 6.45) is 1.72. The third kappa shape index (κ3) is 5.74. The summed E-state index contributed by atoms with van der Waals surface area (Å²) < 4.78 is 5.48. The maximum Gasteiger partial charge on any atom is 0.238 e. The van der Waals surface area contributed by atoms with Crippen LogP contribution in [0.2, 0.25) is 0 Å². The number of rotatable bonds is 8. The fourth-order valence-corrected chi connectivity index (χ4v) is 3.02. The van der Waals surface area contributed by atoms with Crippen molar-refractivity contribution in [1.82, 2.24) is 4.90 Å². The largest absolute Gasteiger partial charge is 0.490 e. The molecule has 1 amide bonds. The van der Waals surface area contributed by atoms with Gasteiger partial charge in [-0.3, -0.25) is 9.69 Å². The Morgan fingerprint density at radius 1 is 1.15 bits per heavy atom. The van der Waals surface area contributed by atoms with Crippen LogP contribution in [0, 0.1) is 20.8 Å². The van der Waals surface area contributed by atoms with E-state index in [1.54, 1.807) is 6.08 Å². The minimum atomic E-state index is -0.00603. The molecule has 0 aromatic heterocycles. The molecular weight excluding hydrogens is 324 g/mol. The zero-order chi connectivity index (χ0) is 19.1. The summed E-state index contributed by atoms with van der Waals surface area (Å²) in [4.78, 5) is 14.4. The zero-order valence-electron chi connectivity index (χ0n) is 16.1. The van der Waals surface area contributed by atoms with E-state index >= 15 is 0 Å². The molecule has 0 aliphatic heterocycles. The third-order valence-corrected chi connectivity index (χ3v) is 4.10. The van der Waals surface area contributed by atoms with Gasteiger partial charge < -0.3 is 10.1 Å². The highest BCUT2D eigenvalue weighted by Crippen LogP contribution is 2.22. The Balaban J connectivity index is 1.90. The molecule has 0 aliphatic rings. The number of carbonyl (C=O) groups excluding carboxylic acids is 1. The van der Waals surface area contributed by atoms with E-state index in [0.29, 0.717) is 19.7 Å². The molecule has 0 aliphatic carbocycles. The molecule has 0 bridgehead atoms. The molecule has 0 atom stereocenters. The molecule has 0 radical (unpaired) electrons. The Morgan fingerprint density at radius 3 is 2.35 bits per heavy atom.